The molecule has 1 heterocycles. The average molecular weight is 258 g/mol. The van der Waals surface area contributed by atoms with Gasteiger partial charge in [-0.1, -0.05) is 0 Å². The lowest BCUT2D eigenvalue weighted by Crippen LogP contribution is -2.46. The highest BCUT2D eigenvalue weighted by molar-refractivity contribution is 9.10. The van der Waals surface area contributed by atoms with Crippen LogP contribution in [0.2, 0.25) is 0 Å². The Morgan fingerprint density at radius 1 is 1.50 bits per heavy atom. The number of rotatable bonds is 1. The van der Waals surface area contributed by atoms with E-state index in [9.17, 15) is 4.39 Å². The lowest BCUT2D eigenvalue weighted by atomic mass is 10.0. The molecule has 0 spiro atoms. The quantitative estimate of drug-likeness (QED) is 0.745. The summed E-state index contributed by atoms with van der Waals surface area (Å²) in [5.74, 6) is -0.176. The number of anilines is 1. The average Bonchev–Trinajstić information content (AvgIpc) is 2.12. The fourth-order valence-corrected chi connectivity index (χ4v) is 2.28. The van der Waals surface area contributed by atoms with E-state index in [2.05, 4.69) is 27.8 Å². The van der Waals surface area contributed by atoms with Gasteiger partial charge in [0.2, 0.25) is 0 Å². The zero-order valence-corrected chi connectivity index (χ0v) is 9.94. The van der Waals surface area contributed by atoms with Crippen molar-refractivity contribution in [2.75, 3.05) is 11.4 Å². The van der Waals surface area contributed by atoms with Crippen molar-refractivity contribution in [3.63, 3.8) is 0 Å². The van der Waals surface area contributed by atoms with Crippen molar-refractivity contribution < 1.29 is 4.39 Å². The molecule has 0 bridgehead atoms. The van der Waals surface area contributed by atoms with E-state index in [0.717, 1.165) is 17.8 Å². The van der Waals surface area contributed by atoms with Gasteiger partial charge in [-0.3, -0.25) is 0 Å². The molecule has 1 saturated heterocycles. The Bertz CT molecular complexity index is 365. The van der Waals surface area contributed by atoms with Crippen molar-refractivity contribution in [1.82, 2.24) is 0 Å². The molecule has 14 heavy (non-hydrogen) atoms. The Balaban J connectivity index is 2.38. The van der Waals surface area contributed by atoms with Gasteiger partial charge in [0.25, 0.3) is 0 Å². The van der Waals surface area contributed by atoms with Gasteiger partial charge in [-0.2, -0.15) is 0 Å². The first-order valence-corrected chi connectivity index (χ1v) is 5.61. The summed E-state index contributed by atoms with van der Waals surface area (Å²) in [6.07, 6.45) is 1.21. The van der Waals surface area contributed by atoms with Crippen molar-refractivity contribution in [1.29, 1.82) is 0 Å². The Morgan fingerprint density at radius 3 is 2.71 bits per heavy atom. The molecule has 1 nitrogen and oxygen atoms in total. The van der Waals surface area contributed by atoms with Crippen LogP contribution in [0.5, 0.6) is 0 Å². The second kappa shape index (κ2) is 3.54. The first-order chi connectivity index (χ1) is 6.59. The lowest BCUT2D eigenvalue weighted by molar-refractivity contribution is 0.478. The van der Waals surface area contributed by atoms with E-state index in [1.807, 2.05) is 13.0 Å². The predicted octanol–water partition coefficient (Wildman–Crippen LogP) is 3.50. The van der Waals surface area contributed by atoms with Gasteiger partial charge in [-0.25, -0.2) is 4.39 Å². The number of aryl methyl sites for hydroxylation is 1. The van der Waals surface area contributed by atoms with Crippen LogP contribution >= 0.6 is 15.9 Å². The van der Waals surface area contributed by atoms with Gasteiger partial charge in [-0.15, -0.1) is 0 Å². The minimum atomic E-state index is -0.176. The standard InChI is InChI=1S/C11H13BrFN/c1-7-5-9(12)10(13)6-11(7)14-4-3-8(14)2/h5-6,8H,3-4H2,1-2H3. The molecule has 0 radical (unpaired) electrons. The van der Waals surface area contributed by atoms with Crippen LogP contribution in [0.1, 0.15) is 18.9 Å². The van der Waals surface area contributed by atoms with Crippen LogP contribution in [0, 0.1) is 12.7 Å². The summed E-state index contributed by atoms with van der Waals surface area (Å²) in [5, 5.41) is 0. The van der Waals surface area contributed by atoms with E-state index in [1.54, 1.807) is 6.07 Å². The summed E-state index contributed by atoms with van der Waals surface area (Å²) in [4.78, 5) is 2.24. The summed E-state index contributed by atoms with van der Waals surface area (Å²) in [6.45, 7) is 5.23. The van der Waals surface area contributed by atoms with E-state index in [0.29, 0.717) is 10.5 Å². The van der Waals surface area contributed by atoms with E-state index < -0.39 is 0 Å². The van der Waals surface area contributed by atoms with Gasteiger partial charge in [0.1, 0.15) is 5.82 Å². The second-order valence-corrected chi connectivity index (χ2v) is 4.74. The smallest absolute Gasteiger partial charge is 0.139 e. The number of halogens is 2. The highest BCUT2D eigenvalue weighted by Gasteiger charge is 2.25. The van der Waals surface area contributed by atoms with Crippen LogP contribution in [0.3, 0.4) is 0 Å². The van der Waals surface area contributed by atoms with E-state index >= 15 is 0 Å². The first kappa shape index (κ1) is 9.97. The van der Waals surface area contributed by atoms with Crippen molar-refractivity contribution in [2.24, 2.45) is 0 Å². The molecule has 0 aromatic heterocycles. The highest BCUT2D eigenvalue weighted by Crippen LogP contribution is 2.32. The fraction of sp³-hybridized carbons (Fsp3) is 0.455. The Hall–Kier alpha value is -0.570. The molecule has 1 aliphatic rings. The highest BCUT2D eigenvalue weighted by atomic mass is 79.9. The molecular formula is C11H13BrFN. The van der Waals surface area contributed by atoms with Crippen LogP contribution < -0.4 is 4.90 Å². The van der Waals surface area contributed by atoms with Crippen molar-refractivity contribution in [3.05, 3.63) is 28.0 Å². The molecular weight excluding hydrogens is 245 g/mol. The maximum Gasteiger partial charge on any atom is 0.139 e. The Labute approximate surface area is 92.0 Å². The zero-order chi connectivity index (χ0) is 10.3. The third-order valence-corrected chi connectivity index (χ3v) is 3.48. The van der Waals surface area contributed by atoms with E-state index in [1.165, 1.54) is 6.42 Å². The Kier molecular flexibility index (Phi) is 2.52. The van der Waals surface area contributed by atoms with Crippen LogP contribution in [-0.2, 0) is 0 Å². The molecule has 76 valence electrons. The largest absolute Gasteiger partial charge is 0.368 e. The number of hydrogen-bond acceptors (Lipinski definition) is 1. The molecule has 1 unspecified atom stereocenters. The number of nitrogens with zero attached hydrogens (tertiary/aromatic N) is 1. The molecule has 3 heteroatoms. The van der Waals surface area contributed by atoms with Crippen molar-refractivity contribution >= 4 is 21.6 Å². The molecule has 0 amide bonds. The number of hydrogen-bond donors (Lipinski definition) is 0. The normalized spacial score (nSPS) is 20.9. The molecule has 0 aliphatic carbocycles. The van der Waals surface area contributed by atoms with Gasteiger partial charge in [0.05, 0.1) is 4.47 Å². The summed E-state index contributed by atoms with van der Waals surface area (Å²) in [7, 11) is 0. The molecule has 1 atom stereocenters. The minimum Gasteiger partial charge on any atom is -0.368 e. The maximum absolute atomic E-state index is 13.3. The molecule has 0 saturated carbocycles. The zero-order valence-electron chi connectivity index (χ0n) is 8.35. The summed E-state index contributed by atoms with van der Waals surface area (Å²) in [6, 6.07) is 4.01. The summed E-state index contributed by atoms with van der Waals surface area (Å²) >= 11 is 3.19. The fourth-order valence-electron chi connectivity index (χ4n) is 1.82. The van der Waals surface area contributed by atoms with Crippen molar-refractivity contribution in [3.8, 4) is 0 Å². The second-order valence-electron chi connectivity index (χ2n) is 3.88. The van der Waals surface area contributed by atoms with Gasteiger partial charge in [-0.05, 0) is 53.9 Å². The molecule has 1 aromatic carbocycles. The molecule has 1 aromatic rings. The SMILES string of the molecule is Cc1cc(Br)c(F)cc1N1CCC1C. The van der Waals surface area contributed by atoms with Gasteiger partial charge < -0.3 is 4.90 Å². The third-order valence-electron chi connectivity index (χ3n) is 2.87. The van der Waals surface area contributed by atoms with Crippen LogP contribution in [0.25, 0.3) is 0 Å². The van der Waals surface area contributed by atoms with Crippen molar-refractivity contribution in [2.45, 2.75) is 26.3 Å². The van der Waals surface area contributed by atoms with Gasteiger partial charge in [0, 0.05) is 18.3 Å². The topological polar surface area (TPSA) is 3.24 Å². The number of benzene rings is 1. The lowest BCUT2D eigenvalue weighted by Gasteiger charge is -2.41. The first-order valence-electron chi connectivity index (χ1n) is 4.82. The molecule has 1 fully saturated rings. The predicted molar refractivity (Wildman–Crippen MR) is 60.3 cm³/mol. The third kappa shape index (κ3) is 1.54. The maximum atomic E-state index is 13.3. The van der Waals surface area contributed by atoms with Gasteiger partial charge in [0.15, 0.2) is 0 Å². The van der Waals surface area contributed by atoms with Crippen LogP contribution in [0.4, 0.5) is 10.1 Å². The molecule has 1 aliphatic heterocycles. The van der Waals surface area contributed by atoms with Crippen LogP contribution in [-0.4, -0.2) is 12.6 Å². The Morgan fingerprint density at radius 2 is 2.21 bits per heavy atom. The minimum absolute atomic E-state index is 0.176. The van der Waals surface area contributed by atoms with Gasteiger partial charge >= 0.3 is 0 Å². The van der Waals surface area contributed by atoms with E-state index in [-0.39, 0.29) is 5.82 Å². The van der Waals surface area contributed by atoms with Crippen LogP contribution in [0.15, 0.2) is 16.6 Å². The monoisotopic (exact) mass is 257 g/mol. The molecule has 2 rings (SSSR count). The summed E-state index contributed by atoms with van der Waals surface area (Å²) < 4.78 is 13.9. The molecule has 0 N–H and O–H groups in total. The van der Waals surface area contributed by atoms with E-state index in [4.69, 9.17) is 0 Å². The summed E-state index contributed by atoms with van der Waals surface area (Å²) in [5.41, 5.74) is 2.16.